The minimum Gasteiger partial charge on any atom is -0.545 e. The molecule has 0 aromatic heterocycles. The van der Waals surface area contributed by atoms with Crippen LogP contribution in [0.5, 0.6) is 0 Å². The predicted molar refractivity (Wildman–Crippen MR) is 45.0 cm³/mol. The monoisotopic (exact) mass is 229 g/mol. The summed E-state index contributed by atoms with van der Waals surface area (Å²) in [5.41, 5.74) is 0.0844. The van der Waals surface area contributed by atoms with E-state index in [-0.39, 0.29) is 62.5 Å². The van der Waals surface area contributed by atoms with Crippen LogP contribution in [0.25, 0.3) is 5.57 Å². The number of carbonyl (C=O) groups is 1. The molecule has 5 heteroatoms. The van der Waals surface area contributed by atoms with Crippen LogP contribution in [0.3, 0.4) is 0 Å². The molecular formula is C10H5FKNO2. The van der Waals surface area contributed by atoms with E-state index in [4.69, 9.17) is 5.26 Å². The number of hydrogen-bond donors (Lipinski definition) is 0. The second-order valence-corrected chi connectivity index (χ2v) is 2.50. The first-order valence-electron chi connectivity index (χ1n) is 3.72. The molecule has 3 nitrogen and oxygen atoms in total. The Morgan fingerprint density at radius 3 is 2.67 bits per heavy atom. The molecule has 0 radical (unpaired) electrons. The zero-order valence-corrected chi connectivity index (χ0v) is 11.2. The molecule has 0 saturated carbocycles. The van der Waals surface area contributed by atoms with Gasteiger partial charge in [-0.1, -0.05) is 12.1 Å². The van der Waals surface area contributed by atoms with Crippen LogP contribution in [0.1, 0.15) is 5.56 Å². The van der Waals surface area contributed by atoms with Gasteiger partial charge in [-0.05, 0) is 23.8 Å². The molecule has 0 N–H and O–H groups in total. The molecule has 0 atom stereocenters. The Morgan fingerprint density at radius 1 is 1.53 bits per heavy atom. The minimum absolute atomic E-state index is 0. The molecule has 0 aliphatic heterocycles. The Hall–Kier alpha value is -0.514. The van der Waals surface area contributed by atoms with Crippen molar-refractivity contribution >= 4 is 11.5 Å². The van der Waals surface area contributed by atoms with Crippen molar-refractivity contribution < 1.29 is 65.7 Å². The summed E-state index contributed by atoms with van der Waals surface area (Å²) in [6.45, 7) is 0. The normalized spacial score (nSPS) is 10.0. The van der Waals surface area contributed by atoms with E-state index in [1.54, 1.807) is 6.07 Å². The number of carboxylic acids is 1. The SMILES string of the molecule is N#C/C(=C/C(=O)[O-])c1cccc(F)c1.[K+]. The number of allylic oxidation sites excluding steroid dienone is 1. The first kappa shape index (κ1) is 14.5. The van der Waals surface area contributed by atoms with Gasteiger partial charge in [0.2, 0.25) is 0 Å². The first-order chi connectivity index (χ1) is 6.63. The zero-order valence-electron chi connectivity index (χ0n) is 8.03. The Morgan fingerprint density at radius 2 is 2.20 bits per heavy atom. The van der Waals surface area contributed by atoms with Gasteiger partial charge >= 0.3 is 51.4 Å². The molecule has 0 heterocycles. The molecular weight excluding hydrogens is 224 g/mol. The van der Waals surface area contributed by atoms with Gasteiger partial charge in [0.05, 0.1) is 17.6 Å². The molecule has 0 amide bonds. The topological polar surface area (TPSA) is 63.9 Å². The standard InChI is InChI=1S/C10H6FNO2.K/c11-9-3-1-2-7(4-9)8(6-12)5-10(13)14;/h1-5H,(H,13,14);/q;+1/p-1/b8-5-;. The number of carboxylic acid groups (broad SMARTS) is 1. The fourth-order valence-electron chi connectivity index (χ4n) is 0.954. The molecule has 0 saturated heterocycles. The number of aliphatic carboxylic acids is 1. The van der Waals surface area contributed by atoms with Crippen LogP contribution in [0.4, 0.5) is 4.39 Å². The van der Waals surface area contributed by atoms with Gasteiger partial charge in [0, 0.05) is 0 Å². The number of carbonyl (C=O) groups excluding carboxylic acids is 1. The number of rotatable bonds is 2. The predicted octanol–water partition coefficient (Wildman–Crippen LogP) is -2.51. The van der Waals surface area contributed by atoms with E-state index in [1.165, 1.54) is 18.2 Å². The fourth-order valence-corrected chi connectivity index (χ4v) is 0.954. The molecule has 0 fully saturated rings. The minimum atomic E-state index is -1.48. The Kier molecular flexibility index (Phi) is 6.64. The number of nitrogens with zero attached hydrogens (tertiary/aromatic N) is 1. The maximum absolute atomic E-state index is 12.7. The largest absolute Gasteiger partial charge is 1.00 e. The van der Waals surface area contributed by atoms with Crippen molar-refractivity contribution in [2.24, 2.45) is 0 Å². The van der Waals surface area contributed by atoms with Crippen molar-refractivity contribution in [3.63, 3.8) is 0 Å². The molecule has 70 valence electrons. The quantitative estimate of drug-likeness (QED) is 0.319. The number of benzene rings is 1. The molecule has 0 unspecified atom stereocenters. The summed E-state index contributed by atoms with van der Waals surface area (Å²) in [4.78, 5) is 10.2. The van der Waals surface area contributed by atoms with E-state index in [0.29, 0.717) is 6.08 Å². The number of hydrogen-bond acceptors (Lipinski definition) is 3. The van der Waals surface area contributed by atoms with E-state index >= 15 is 0 Å². The van der Waals surface area contributed by atoms with Crippen LogP contribution in [-0.2, 0) is 4.79 Å². The molecule has 1 aromatic carbocycles. The van der Waals surface area contributed by atoms with Gasteiger partial charge in [0.25, 0.3) is 0 Å². The Labute approximate surface area is 129 Å². The van der Waals surface area contributed by atoms with Gasteiger partial charge in [-0.3, -0.25) is 0 Å². The average molecular weight is 229 g/mol. The maximum Gasteiger partial charge on any atom is 1.00 e. The van der Waals surface area contributed by atoms with Gasteiger partial charge in [0.15, 0.2) is 0 Å². The van der Waals surface area contributed by atoms with E-state index in [2.05, 4.69) is 0 Å². The van der Waals surface area contributed by atoms with Crippen molar-refractivity contribution in [3.05, 3.63) is 41.7 Å². The van der Waals surface area contributed by atoms with Crippen LogP contribution in [0.2, 0.25) is 0 Å². The molecule has 0 aliphatic rings. The van der Waals surface area contributed by atoms with Crippen LogP contribution in [-0.4, -0.2) is 5.97 Å². The van der Waals surface area contributed by atoms with Crippen LogP contribution < -0.4 is 56.5 Å². The maximum atomic E-state index is 12.7. The zero-order chi connectivity index (χ0) is 10.6. The second kappa shape index (κ2) is 6.88. The van der Waals surface area contributed by atoms with Crippen LogP contribution >= 0.6 is 0 Å². The van der Waals surface area contributed by atoms with Crippen molar-refractivity contribution in [1.29, 1.82) is 5.26 Å². The third-order valence-electron chi connectivity index (χ3n) is 1.52. The van der Waals surface area contributed by atoms with E-state index in [9.17, 15) is 14.3 Å². The van der Waals surface area contributed by atoms with E-state index in [0.717, 1.165) is 6.07 Å². The summed E-state index contributed by atoms with van der Waals surface area (Å²) < 4.78 is 12.7. The number of halogens is 1. The van der Waals surface area contributed by atoms with Crippen molar-refractivity contribution in [1.82, 2.24) is 0 Å². The summed E-state index contributed by atoms with van der Waals surface area (Å²) in [6.07, 6.45) is 0.634. The third kappa shape index (κ3) is 4.69. The van der Waals surface area contributed by atoms with Crippen molar-refractivity contribution in [2.45, 2.75) is 0 Å². The fraction of sp³-hybridized carbons (Fsp3) is 0. The second-order valence-electron chi connectivity index (χ2n) is 2.50. The summed E-state index contributed by atoms with van der Waals surface area (Å²) in [7, 11) is 0. The Balaban J connectivity index is 0.00000196. The molecule has 0 spiro atoms. The smallest absolute Gasteiger partial charge is 0.545 e. The Bertz CT molecular complexity index is 437. The summed E-state index contributed by atoms with van der Waals surface area (Å²) >= 11 is 0. The molecule has 15 heavy (non-hydrogen) atoms. The van der Waals surface area contributed by atoms with Crippen LogP contribution in [0.15, 0.2) is 30.3 Å². The molecule has 1 aromatic rings. The summed E-state index contributed by atoms with van der Waals surface area (Å²) in [6, 6.07) is 6.78. The van der Waals surface area contributed by atoms with Crippen molar-refractivity contribution in [3.8, 4) is 6.07 Å². The van der Waals surface area contributed by atoms with Crippen molar-refractivity contribution in [2.75, 3.05) is 0 Å². The molecule has 0 bridgehead atoms. The molecule has 1 rings (SSSR count). The first-order valence-corrected chi connectivity index (χ1v) is 3.72. The van der Waals surface area contributed by atoms with E-state index in [1.807, 2.05) is 0 Å². The third-order valence-corrected chi connectivity index (χ3v) is 1.52. The summed E-state index contributed by atoms with van der Waals surface area (Å²) in [5.74, 6) is -2.01. The van der Waals surface area contributed by atoms with Gasteiger partial charge in [-0.25, -0.2) is 4.39 Å². The van der Waals surface area contributed by atoms with Gasteiger partial charge in [-0.2, -0.15) is 5.26 Å². The summed E-state index contributed by atoms with van der Waals surface area (Å²) in [5, 5.41) is 18.8. The molecule has 0 aliphatic carbocycles. The number of nitriles is 1. The van der Waals surface area contributed by atoms with Crippen LogP contribution in [0, 0.1) is 17.1 Å². The van der Waals surface area contributed by atoms with Gasteiger partial charge in [0.1, 0.15) is 5.82 Å². The van der Waals surface area contributed by atoms with Gasteiger partial charge in [-0.15, -0.1) is 0 Å². The van der Waals surface area contributed by atoms with E-state index < -0.39 is 11.8 Å². The average Bonchev–Trinajstić information content (AvgIpc) is 2.14. The van der Waals surface area contributed by atoms with Gasteiger partial charge < -0.3 is 9.90 Å².